The molecule has 5 rings (SSSR count). The van der Waals surface area contributed by atoms with E-state index in [1.807, 2.05) is 67.5 Å². The maximum absolute atomic E-state index is 14.2. The van der Waals surface area contributed by atoms with Crippen LogP contribution in [0.2, 0.25) is 5.02 Å². The minimum atomic E-state index is -0.814. The molecule has 3 aromatic carbocycles. The highest BCUT2D eigenvalue weighted by Gasteiger charge is 2.50. The number of fused-ring (bicyclic) bond motifs is 1. The van der Waals surface area contributed by atoms with Gasteiger partial charge in [-0.3, -0.25) is 19.4 Å². The number of halogens is 1. The number of nitrogens with zero attached hydrogens (tertiary/aromatic N) is 5. The zero-order valence-electron chi connectivity index (χ0n) is 24.8. The summed E-state index contributed by atoms with van der Waals surface area (Å²) in [6.07, 6.45) is 1.36. The van der Waals surface area contributed by atoms with Gasteiger partial charge in [0.05, 0.1) is 23.8 Å². The van der Waals surface area contributed by atoms with Gasteiger partial charge in [0.15, 0.2) is 0 Å². The van der Waals surface area contributed by atoms with E-state index in [9.17, 15) is 19.5 Å². The summed E-state index contributed by atoms with van der Waals surface area (Å²) in [5.74, 6) is -0.355. The molecule has 2 atom stereocenters. The van der Waals surface area contributed by atoms with E-state index in [1.165, 1.54) is 5.56 Å². The van der Waals surface area contributed by atoms with Gasteiger partial charge in [-0.25, -0.2) is 5.01 Å². The third-order valence-corrected chi connectivity index (χ3v) is 8.44. The van der Waals surface area contributed by atoms with Crippen LogP contribution in [0.4, 0.5) is 5.69 Å². The molecule has 3 aromatic rings. The molecule has 1 N–H and O–H groups in total. The van der Waals surface area contributed by atoms with Crippen molar-refractivity contribution in [2.75, 3.05) is 39.1 Å². The largest absolute Gasteiger partial charge is 0.508 e. The van der Waals surface area contributed by atoms with Gasteiger partial charge < -0.3 is 19.8 Å². The van der Waals surface area contributed by atoms with E-state index < -0.39 is 12.2 Å². The van der Waals surface area contributed by atoms with E-state index in [-0.39, 0.29) is 49.5 Å². The number of aromatic hydroxyl groups is 1. The number of hydrogen-bond donors (Lipinski definition) is 1. The zero-order chi connectivity index (χ0) is 30.7. The molecule has 226 valence electrons. The van der Waals surface area contributed by atoms with Crippen LogP contribution in [0.1, 0.15) is 29.5 Å². The first-order valence-corrected chi connectivity index (χ1v) is 14.9. The molecule has 2 aliphatic rings. The fraction of sp³-hybridized carbons (Fsp3) is 0.364. The van der Waals surface area contributed by atoms with E-state index in [0.29, 0.717) is 17.9 Å². The predicted molar refractivity (Wildman–Crippen MR) is 166 cm³/mol. The smallest absolute Gasteiger partial charge is 0.246 e. The normalized spacial score (nSPS) is 19.0. The summed E-state index contributed by atoms with van der Waals surface area (Å²) in [5.41, 5.74) is 3.67. The first-order chi connectivity index (χ1) is 20.6. The summed E-state index contributed by atoms with van der Waals surface area (Å²) in [6.45, 7) is 0.446. The molecular weight excluding hydrogens is 566 g/mol. The quantitative estimate of drug-likeness (QED) is 0.399. The molecule has 0 aliphatic carbocycles. The second kappa shape index (κ2) is 13.1. The van der Waals surface area contributed by atoms with Crippen LogP contribution in [0, 0.1) is 0 Å². The molecule has 2 fully saturated rings. The molecule has 2 heterocycles. The highest BCUT2D eigenvalue weighted by molar-refractivity contribution is 6.33. The van der Waals surface area contributed by atoms with Gasteiger partial charge in [-0.15, -0.1) is 0 Å². The van der Waals surface area contributed by atoms with Crippen molar-refractivity contribution >= 4 is 35.0 Å². The van der Waals surface area contributed by atoms with Gasteiger partial charge in [0, 0.05) is 40.5 Å². The molecule has 0 radical (unpaired) electrons. The lowest BCUT2D eigenvalue weighted by atomic mass is 9.98. The summed E-state index contributed by atoms with van der Waals surface area (Å²) in [7, 11) is 5.56. The van der Waals surface area contributed by atoms with Crippen molar-refractivity contribution in [2.24, 2.45) is 0 Å². The number of anilines is 1. The summed E-state index contributed by atoms with van der Waals surface area (Å²) in [5, 5.41) is 13.7. The van der Waals surface area contributed by atoms with E-state index in [4.69, 9.17) is 11.6 Å². The molecule has 0 spiro atoms. The Labute approximate surface area is 257 Å². The first-order valence-electron chi connectivity index (χ1n) is 14.5. The number of hydrogen-bond acceptors (Lipinski definition) is 6. The van der Waals surface area contributed by atoms with Crippen LogP contribution in [-0.4, -0.2) is 89.1 Å². The van der Waals surface area contributed by atoms with Gasteiger partial charge in [0.25, 0.3) is 0 Å². The third-order valence-electron chi connectivity index (χ3n) is 8.14. The van der Waals surface area contributed by atoms with Gasteiger partial charge >= 0.3 is 0 Å². The Bertz CT molecular complexity index is 1470. The van der Waals surface area contributed by atoms with Crippen molar-refractivity contribution < 1.29 is 19.5 Å². The van der Waals surface area contributed by atoms with Crippen LogP contribution < -0.4 is 4.90 Å². The van der Waals surface area contributed by atoms with Crippen LogP contribution in [0.5, 0.6) is 5.75 Å². The topological polar surface area (TPSA) is 87.6 Å². The minimum Gasteiger partial charge on any atom is -0.508 e. The lowest BCUT2D eigenvalue weighted by Crippen LogP contribution is -2.75. The highest BCUT2D eigenvalue weighted by Crippen LogP contribution is 2.33. The second-order valence-corrected chi connectivity index (χ2v) is 11.8. The number of phenolic OH excluding ortho intramolecular Hbond substituents is 1. The van der Waals surface area contributed by atoms with Crippen LogP contribution in [0.3, 0.4) is 0 Å². The molecule has 0 aromatic heterocycles. The number of likely N-dealkylation sites (N-methyl/N-ethyl adjacent to an activating group) is 1. The summed E-state index contributed by atoms with van der Waals surface area (Å²) >= 11 is 6.56. The van der Waals surface area contributed by atoms with Crippen molar-refractivity contribution in [3.63, 3.8) is 0 Å². The van der Waals surface area contributed by atoms with Crippen molar-refractivity contribution in [1.29, 1.82) is 0 Å². The molecule has 0 bridgehead atoms. The van der Waals surface area contributed by atoms with Gasteiger partial charge in [-0.1, -0.05) is 66.2 Å². The van der Waals surface area contributed by atoms with Crippen LogP contribution in [0.15, 0.2) is 72.8 Å². The fourth-order valence-corrected chi connectivity index (χ4v) is 6.53. The van der Waals surface area contributed by atoms with Crippen molar-refractivity contribution in [3.05, 3.63) is 94.5 Å². The second-order valence-electron chi connectivity index (χ2n) is 11.4. The first kappa shape index (κ1) is 30.4. The van der Waals surface area contributed by atoms with Crippen LogP contribution >= 0.6 is 11.6 Å². The average molecular weight is 604 g/mol. The molecule has 0 saturated carbocycles. The zero-order valence-corrected chi connectivity index (χ0v) is 25.6. The monoisotopic (exact) mass is 603 g/mol. The number of benzene rings is 3. The van der Waals surface area contributed by atoms with Crippen molar-refractivity contribution in [1.82, 2.24) is 19.8 Å². The Morgan fingerprint density at radius 1 is 0.977 bits per heavy atom. The Morgan fingerprint density at radius 3 is 2.40 bits per heavy atom. The average Bonchev–Trinajstić information content (AvgIpc) is 2.96. The third kappa shape index (κ3) is 6.63. The number of piperazine rings is 1. The van der Waals surface area contributed by atoms with Crippen molar-refractivity contribution in [3.8, 4) is 5.75 Å². The molecule has 10 heteroatoms. The molecular formula is C33H38ClN5O4. The standard InChI is InChI=1S/C33H38ClN5O4/c1-35(2)32-25(12-8-13-27(32)34)20-37-21-29-38(28(33(37)43)19-24-15-17-26(40)18-16-24)31(42)22-36(3)39(29)30(41)14-7-11-23-9-5-4-6-10-23/h4-6,8-10,12-13,15-18,28-29,40H,7,11,14,19-22H2,1-3H3/t28-,29?/m0/s1. The SMILES string of the molecule is CN(C)c1c(Cl)cccc1CN1CC2N(C(=O)CN(C)N2C(=O)CCCc2ccccc2)[C@@H](Cc2ccc(O)cc2)C1=O. The molecule has 9 nitrogen and oxygen atoms in total. The number of carbonyl (C=O) groups excluding carboxylic acids is 3. The van der Waals surface area contributed by atoms with E-state index >= 15 is 0 Å². The minimum absolute atomic E-state index is 0.000641. The van der Waals surface area contributed by atoms with E-state index in [2.05, 4.69) is 0 Å². The maximum Gasteiger partial charge on any atom is 0.246 e. The highest BCUT2D eigenvalue weighted by atomic mass is 35.5. The summed E-state index contributed by atoms with van der Waals surface area (Å²) < 4.78 is 0. The Morgan fingerprint density at radius 2 is 1.70 bits per heavy atom. The number of carbonyl (C=O) groups is 3. The maximum atomic E-state index is 14.2. The van der Waals surface area contributed by atoms with Gasteiger partial charge in [0.1, 0.15) is 18.0 Å². The lowest BCUT2D eigenvalue weighted by molar-refractivity contribution is -0.203. The Kier molecular flexibility index (Phi) is 9.22. The number of aryl methyl sites for hydroxylation is 1. The van der Waals surface area contributed by atoms with Crippen LogP contribution in [0.25, 0.3) is 0 Å². The van der Waals surface area contributed by atoms with E-state index in [0.717, 1.165) is 23.2 Å². The molecule has 2 aliphatic heterocycles. The molecule has 43 heavy (non-hydrogen) atoms. The Balaban J connectivity index is 1.46. The molecule has 2 saturated heterocycles. The number of phenols is 1. The number of amides is 3. The van der Waals surface area contributed by atoms with Crippen LogP contribution in [-0.2, 0) is 33.8 Å². The number of rotatable bonds is 9. The summed E-state index contributed by atoms with van der Waals surface area (Å²) in [6, 6.07) is 21.5. The molecule has 3 amide bonds. The van der Waals surface area contributed by atoms with Gasteiger partial charge in [0.2, 0.25) is 17.7 Å². The van der Waals surface area contributed by atoms with Gasteiger partial charge in [-0.2, -0.15) is 0 Å². The Hall–Kier alpha value is -4.08. The van der Waals surface area contributed by atoms with Crippen molar-refractivity contribution in [2.45, 2.75) is 44.4 Å². The fourth-order valence-electron chi connectivity index (χ4n) is 6.17. The predicted octanol–water partition coefficient (Wildman–Crippen LogP) is 3.93. The number of hydrazine groups is 1. The number of para-hydroxylation sites is 1. The molecule has 1 unspecified atom stereocenters. The lowest BCUT2D eigenvalue weighted by Gasteiger charge is -2.54. The summed E-state index contributed by atoms with van der Waals surface area (Å²) in [4.78, 5) is 46.8. The van der Waals surface area contributed by atoms with E-state index in [1.54, 1.807) is 51.1 Å². The van der Waals surface area contributed by atoms with Gasteiger partial charge in [-0.05, 0) is 47.7 Å².